The summed E-state index contributed by atoms with van der Waals surface area (Å²) in [7, 11) is 0. The zero-order chi connectivity index (χ0) is 13.4. The standard InChI is InChI=1S/C14H20N2O2/c1-3-10-16-14(17)11(2)18-13-6-4-12(5-7-13)8-9-15/h3-7,11H,1,8-10,15H2,2H3,(H,16,17). The summed E-state index contributed by atoms with van der Waals surface area (Å²) in [6.45, 7) is 6.32. The number of ether oxygens (including phenoxy) is 1. The van der Waals surface area contributed by atoms with Crippen LogP contribution >= 0.6 is 0 Å². The molecule has 0 aliphatic heterocycles. The van der Waals surface area contributed by atoms with E-state index < -0.39 is 6.10 Å². The van der Waals surface area contributed by atoms with E-state index in [4.69, 9.17) is 10.5 Å². The molecule has 0 aromatic heterocycles. The summed E-state index contributed by atoms with van der Waals surface area (Å²) in [5.41, 5.74) is 6.63. The highest BCUT2D eigenvalue weighted by atomic mass is 16.5. The summed E-state index contributed by atoms with van der Waals surface area (Å²) in [6, 6.07) is 7.61. The fraction of sp³-hybridized carbons (Fsp3) is 0.357. The van der Waals surface area contributed by atoms with Crippen LogP contribution in [0.2, 0.25) is 0 Å². The first-order chi connectivity index (χ1) is 8.67. The lowest BCUT2D eigenvalue weighted by molar-refractivity contribution is -0.127. The van der Waals surface area contributed by atoms with E-state index in [9.17, 15) is 4.79 Å². The van der Waals surface area contributed by atoms with Gasteiger partial charge in [-0.3, -0.25) is 4.79 Å². The Morgan fingerprint density at radius 1 is 1.50 bits per heavy atom. The number of hydrogen-bond donors (Lipinski definition) is 2. The quantitative estimate of drug-likeness (QED) is 0.714. The van der Waals surface area contributed by atoms with Crippen LogP contribution < -0.4 is 15.8 Å². The van der Waals surface area contributed by atoms with Crippen LogP contribution in [0.3, 0.4) is 0 Å². The molecule has 0 bridgehead atoms. The highest BCUT2D eigenvalue weighted by molar-refractivity contribution is 5.80. The van der Waals surface area contributed by atoms with E-state index in [1.54, 1.807) is 13.0 Å². The second-order valence-electron chi connectivity index (χ2n) is 3.98. The van der Waals surface area contributed by atoms with Crippen molar-refractivity contribution in [3.8, 4) is 5.75 Å². The minimum atomic E-state index is -0.523. The van der Waals surface area contributed by atoms with Crippen molar-refractivity contribution in [2.45, 2.75) is 19.4 Å². The SMILES string of the molecule is C=CCNC(=O)C(C)Oc1ccc(CCN)cc1. The number of carbonyl (C=O) groups excluding carboxylic acids is 1. The van der Waals surface area contributed by atoms with Crippen LogP contribution in [0, 0.1) is 0 Å². The molecule has 1 aromatic carbocycles. The second kappa shape index (κ2) is 7.50. The predicted molar refractivity (Wildman–Crippen MR) is 72.5 cm³/mol. The summed E-state index contributed by atoms with van der Waals surface area (Å²) in [6.07, 6.45) is 1.95. The Morgan fingerprint density at radius 2 is 2.17 bits per heavy atom. The molecule has 1 atom stereocenters. The highest BCUT2D eigenvalue weighted by Gasteiger charge is 2.13. The number of nitrogens with two attached hydrogens (primary N) is 1. The number of amides is 1. The molecule has 4 nitrogen and oxygen atoms in total. The third-order valence-electron chi connectivity index (χ3n) is 2.46. The third kappa shape index (κ3) is 4.59. The van der Waals surface area contributed by atoms with E-state index in [-0.39, 0.29) is 5.91 Å². The van der Waals surface area contributed by atoms with Crippen molar-refractivity contribution < 1.29 is 9.53 Å². The normalized spacial score (nSPS) is 11.7. The number of benzene rings is 1. The van der Waals surface area contributed by atoms with Gasteiger partial charge in [0.2, 0.25) is 0 Å². The minimum Gasteiger partial charge on any atom is -0.481 e. The minimum absolute atomic E-state index is 0.152. The molecule has 3 N–H and O–H groups in total. The first-order valence-corrected chi connectivity index (χ1v) is 6.01. The van der Waals surface area contributed by atoms with Crippen molar-refractivity contribution in [1.82, 2.24) is 5.32 Å². The first-order valence-electron chi connectivity index (χ1n) is 6.01. The van der Waals surface area contributed by atoms with Gasteiger partial charge in [-0.15, -0.1) is 6.58 Å². The van der Waals surface area contributed by atoms with Gasteiger partial charge in [0.15, 0.2) is 6.10 Å². The van der Waals surface area contributed by atoms with Crippen molar-refractivity contribution >= 4 is 5.91 Å². The average molecular weight is 248 g/mol. The van der Waals surface area contributed by atoms with E-state index in [0.717, 1.165) is 12.0 Å². The van der Waals surface area contributed by atoms with E-state index >= 15 is 0 Å². The van der Waals surface area contributed by atoms with Crippen molar-refractivity contribution in [1.29, 1.82) is 0 Å². The van der Waals surface area contributed by atoms with Crippen molar-refractivity contribution in [3.05, 3.63) is 42.5 Å². The van der Waals surface area contributed by atoms with Crippen LogP contribution in [0.5, 0.6) is 5.75 Å². The van der Waals surface area contributed by atoms with Gasteiger partial charge in [0.05, 0.1) is 0 Å². The summed E-state index contributed by atoms with van der Waals surface area (Å²) in [4.78, 5) is 11.6. The molecule has 0 heterocycles. The predicted octanol–water partition coefficient (Wildman–Crippen LogP) is 1.26. The molecule has 0 aliphatic rings. The van der Waals surface area contributed by atoms with Crippen LogP contribution in [0.1, 0.15) is 12.5 Å². The Kier molecular flexibility index (Phi) is 5.94. The lowest BCUT2D eigenvalue weighted by Crippen LogP contribution is -2.36. The number of carbonyl (C=O) groups is 1. The van der Waals surface area contributed by atoms with Gasteiger partial charge in [-0.25, -0.2) is 0 Å². The Morgan fingerprint density at radius 3 is 2.72 bits per heavy atom. The van der Waals surface area contributed by atoms with Crippen LogP contribution in [0.15, 0.2) is 36.9 Å². The monoisotopic (exact) mass is 248 g/mol. The zero-order valence-electron chi connectivity index (χ0n) is 10.7. The molecule has 1 unspecified atom stereocenters. The van der Waals surface area contributed by atoms with Crippen molar-refractivity contribution in [2.24, 2.45) is 5.73 Å². The molecule has 0 saturated carbocycles. The Labute approximate surface area is 108 Å². The van der Waals surface area contributed by atoms with Gasteiger partial charge in [0.25, 0.3) is 5.91 Å². The summed E-state index contributed by atoms with van der Waals surface area (Å²) in [5.74, 6) is 0.526. The van der Waals surface area contributed by atoms with E-state index in [1.165, 1.54) is 0 Å². The van der Waals surface area contributed by atoms with Gasteiger partial charge in [0, 0.05) is 6.54 Å². The van der Waals surface area contributed by atoms with Gasteiger partial charge in [-0.1, -0.05) is 18.2 Å². The molecule has 0 aliphatic carbocycles. The van der Waals surface area contributed by atoms with Gasteiger partial charge < -0.3 is 15.8 Å². The third-order valence-corrected chi connectivity index (χ3v) is 2.46. The Balaban J connectivity index is 2.50. The lowest BCUT2D eigenvalue weighted by atomic mass is 10.1. The lowest BCUT2D eigenvalue weighted by Gasteiger charge is -2.14. The topological polar surface area (TPSA) is 64.3 Å². The van der Waals surface area contributed by atoms with Crippen molar-refractivity contribution in [3.63, 3.8) is 0 Å². The molecule has 1 rings (SSSR count). The molecule has 98 valence electrons. The van der Waals surface area contributed by atoms with Gasteiger partial charge in [-0.05, 0) is 37.6 Å². The molecule has 0 spiro atoms. The Bertz CT molecular complexity index is 387. The van der Waals surface area contributed by atoms with Crippen LogP contribution in [0.25, 0.3) is 0 Å². The highest BCUT2D eigenvalue weighted by Crippen LogP contribution is 2.14. The largest absolute Gasteiger partial charge is 0.481 e. The molecule has 0 saturated heterocycles. The molecule has 0 fully saturated rings. The van der Waals surface area contributed by atoms with Gasteiger partial charge in [-0.2, -0.15) is 0 Å². The molecule has 4 heteroatoms. The first kappa shape index (κ1) is 14.3. The number of rotatable bonds is 7. The zero-order valence-corrected chi connectivity index (χ0v) is 10.7. The molecular weight excluding hydrogens is 228 g/mol. The fourth-order valence-corrected chi connectivity index (χ4v) is 1.48. The maximum absolute atomic E-state index is 11.6. The number of hydrogen-bond acceptors (Lipinski definition) is 3. The molecule has 1 amide bonds. The Hall–Kier alpha value is -1.81. The van der Waals surface area contributed by atoms with Crippen LogP contribution in [0.4, 0.5) is 0 Å². The van der Waals surface area contributed by atoms with Gasteiger partial charge in [0.1, 0.15) is 5.75 Å². The molecule has 0 radical (unpaired) electrons. The van der Waals surface area contributed by atoms with Crippen LogP contribution in [-0.2, 0) is 11.2 Å². The van der Waals surface area contributed by atoms with E-state index in [0.29, 0.717) is 18.8 Å². The summed E-state index contributed by atoms with van der Waals surface area (Å²) >= 11 is 0. The smallest absolute Gasteiger partial charge is 0.261 e. The number of nitrogens with one attached hydrogen (secondary N) is 1. The fourth-order valence-electron chi connectivity index (χ4n) is 1.48. The average Bonchev–Trinajstić information content (AvgIpc) is 2.38. The maximum Gasteiger partial charge on any atom is 0.261 e. The van der Waals surface area contributed by atoms with E-state index in [2.05, 4.69) is 11.9 Å². The van der Waals surface area contributed by atoms with Crippen molar-refractivity contribution in [2.75, 3.05) is 13.1 Å². The van der Waals surface area contributed by atoms with Gasteiger partial charge >= 0.3 is 0 Å². The second-order valence-corrected chi connectivity index (χ2v) is 3.98. The molecule has 1 aromatic rings. The molecule has 18 heavy (non-hydrogen) atoms. The van der Waals surface area contributed by atoms with E-state index in [1.807, 2.05) is 24.3 Å². The van der Waals surface area contributed by atoms with Crippen LogP contribution in [-0.4, -0.2) is 25.1 Å². The summed E-state index contributed by atoms with van der Waals surface area (Å²) in [5, 5.41) is 2.69. The maximum atomic E-state index is 11.6. The summed E-state index contributed by atoms with van der Waals surface area (Å²) < 4.78 is 5.53. The molecular formula is C14H20N2O2.